The normalized spacial score (nSPS) is 12.0. The van der Waals surface area contributed by atoms with Crippen LogP contribution in [-0.2, 0) is 12.5 Å². The van der Waals surface area contributed by atoms with Gasteiger partial charge in [0.2, 0.25) is 0 Å². The lowest BCUT2D eigenvalue weighted by Gasteiger charge is -2.21. The molecule has 0 heterocycles. The summed E-state index contributed by atoms with van der Waals surface area (Å²) in [7, 11) is 0. The summed E-state index contributed by atoms with van der Waals surface area (Å²) in [5.41, 5.74) is -1.44. The van der Waals surface area contributed by atoms with Gasteiger partial charge in [0.05, 0.1) is 5.56 Å². The molecule has 0 saturated heterocycles. The molecule has 0 fully saturated rings. The van der Waals surface area contributed by atoms with Crippen molar-refractivity contribution in [3.05, 3.63) is 77.4 Å². The molecule has 0 aliphatic carbocycles. The second-order valence-corrected chi connectivity index (χ2v) is 7.38. The van der Waals surface area contributed by atoms with E-state index in [-0.39, 0.29) is 5.56 Å². The SMILES string of the molecule is CCCCc1ccc(-c2c(O)cc(F)c(C(F)(F)Oc3ccc(OC(F)(F)F)cc3)c2F)cc1. The molecule has 0 amide bonds. The summed E-state index contributed by atoms with van der Waals surface area (Å²) in [5, 5.41) is 10.1. The van der Waals surface area contributed by atoms with Gasteiger partial charge >= 0.3 is 12.5 Å². The highest BCUT2D eigenvalue weighted by atomic mass is 19.4. The third-order valence-corrected chi connectivity index (χ3v) is 4.85. The number of hydrogen-bond donors (Lipinski definition) is 1. The van der Waals surface area contributed by atoms with E-state index in [1.54, 1.807) is 12.1 Å². The van der Waals surface area contributed by atoms with Crippen LogP contribution in [0.25, 0.3) is 11.1 Å². The molecule has 182 valence electrons. The lowest BCUT2D eigenvalue weighted by atomic mass is 9.97. The van der Waals surface area contributed by atoms with Gasteiger partial charge in [0.25, 0.3) is 0 Å². The zero-order chi connectivity index (χ0) is 25.1. The molecule has 0 aliphatic heterocycles. The molecule has 34 heavy (non-hydrogen) atoms. The molecule has 0 aromatic heterocycles. The van der Waals surface area contributed by atoms with E-state index in [0.717, 1.165) is 37.0 Å². The minimum absolute atomic E-state index is 0.0425. The van der Waals surface area contributed by atoms with Gasteiger partial charge in [-0.15, -0.1) is 13.2 Å². The molecule has 3 rings (SSSR count). The van der Waals surface area contributed by atoms with Crippen LogP contribution < -0.4 is 9.47 Å². The number of unbranched alkanes of at least 4 members (excludes halogenated alkanes) is 1. The maximum atomic E-state index is 15.1. The summed E-state index contributed by atoms with van der Waals surface area (Å²) in [6.07, 6.45) is -6.95. The van der Waals surface area contributed by atoms with E-state index in [0.29, 0.717) is 18.2 Å². The van der Waals surface area contributed by atoms with Gasteiger partial charge in [0.1, 0.15) is 28.6 Å². The monoisotopic (exact) mass is 488 g/mol. The van der Waals surface area contributed by atoms with E-state index >= 15 is 4.39 Å². The van der Waals surface area contributed by atoms with Crippen molar-refractivity contribution in [3.8, 4) is 28.4 Å². The molecule has 3 nitrogen and oxygen atoms in total. The Hall–Kier alpha value is -3.43. The van der Waals surface area contributed by atoms with Gasteiger partial charge in [-0.2, -0.15) is 8.78 Å². The third kappa shape index (κ3) is 5.92. The van der Waals surface area contributed by atoms with E-state index in [1.807, 2.05) is 6.92 Å². The molecule has 0 bridgehead atoms. The van der Waals surface area contributed by atoms with E-state index in [1.165, 1.54) is 12.1 Å². The Kier molecular flexibility index (Phi) is 7.28. The molecular formula is C24H19F7O3. The molecule has 0 saturated carbocycles. The number of benzene rings is 3. The molecule has 1 N–H and O–H groups in total. The van der Waals surface area contributed by atoms with Crippen LogP contribution in [-0.4, -0.2) is 11.5 Å². The number of phenolic OH excluding ortho intramolecular Hbond substituents is 1. The fourth-order valence-electron chi connectivity index (χ4n) is 3.28. The van der Waals surface area contributed by atoms with Crippen LogP contribution in [0.3, 0.4) is 0 Å². The van der Waals surface area contributed by atoms with Crippen molar-refractivity contribution in [2.24, 2.45) is 0 Å². The van der Waals surface area contributed by atoms with Crippen molar-refractivity contribution >= 4 is 0 Å². The molecule has 3 aromatic carbocycles. The maximum Gasteiger partial charge on any atom is 0.573 e. The van der Waals surface area contributed by atoms with Crippen molar-refractivity contribution in [2.45, 2.75) is 38.7 Å². The Morgan fingerprint density at radius 2 is 1.38 bits per heavy atom. The topological polar surface area (TPSA) is 38.7 Å². The highest BCUT2D eigenvalue weighted by molar-refractivity contribution is 5.72. The van der Waals surface area contributed by atoms with Crippen LogP contribution in [0.1, 0.15) is 30.9 Å². The number of rotatable bonds is 8. The fourth-order valence-corrected chi connectivity index (χ4v) is 3.28. The summed E-state index contributed by atoms with van der Waals surface area (Å²) in [6.45, 7) is 2.01. The van der Waals surface area contributed by atoms with Crippen LogP contribution in [0, 0.1) is 11.6 Å². The minimum Gasteiger partial charge on any atom is -0.507 e. The Morgan fingerprint density at radius 1 is 0.824 bits per heavy atom. The molecule has 3 aromatic rings. The van der Waals surface area contributed by atoms with E-state index < -0.39 is 52.5 Å². The van der Waals surface area contributed by atoms with E-state index in [9.17, 15) is 31.4 Å². The zero-order valence-corrected chi connectivity index (χ0v) is 17.7. The van der Waals surface area contributed by atoms with Gasteiger partial charge in [0.15, 0.2) is 5.82 Å². The number of halogens is 7. The number of hydrogen-bond acceptors (Lipinski definition) is 3. The van der Waals surface area contributed by atoms with Gasteiger partial charge in [0, 0.05) is 6.07 Å². The molecule has 0 spiro atoms. The Bertz CT molecular complexity index is 1130. The smallest absolute Gasteiger partial charge is 0.507 e. The summed E-state index contributed by atoms with van der Waals surface area (Å²) in [5.74, 6) is -5.76. The molecule has 0 radical (unpaired) electrons. The molecular weight excluding hydrogens is 469 g/mol. The van der Waals surface area contributed by atoms with Crippen molar-refractivity contribution in [1.29, 1.82) is 0 Å². The lowest BCUT2D eigenvalue weighted by molar-refractivity contribution is -0.274. The first-order valence-electron chi connectivity index (χ1n) is 10.1. The number of aromatic hydroxyl groups is 1. The van der Waals surface area contributed by atoms with Crippen molar-refractivity contribution in [2.75, 3.05) is 0 Å². The van der Waals surface area contributed by atoms with Gasteiger partial charge < -0.3 is 14.6 Å². The fraction of sp³-hybridized carbons (Fsp3) is 0.250. The second kappa shape index (κ2) is 9.82. The van der Waals surface area contributed by atoms with Crippen molar-refractivity contribution < 1.29 is 45.3 Å². The summed E-state index contributed by atoms with van der Waals surface area (Å²) < 4.78 is 104. The minimum atomic E-state index is -4.99. The maximum absolute atomic E-state index is 15.1. The standard InChI is InChI=1S/C24H19F7O3/c1-2-3-4-14-5-7-15(8-6-14)20-19(32)13-18(25)21(22(20)26)23(27,28)33-16-9-11-17(12-10-16)34-24(29,30)31/h5-13,32H,2-4H2,1H3. The zero-order valence-electron chi connectivity index (χ0n) is 17.7. The quantitative estimate of drug-likeness (QED) is 0.330. The Morgan fingerprint density at radius 3 is 1.91 bits per heavy atom. The van der Waals surface area contributed by atoms with Crippen LogP contribution in [0.4, 0.5) is 30.7 Å². The van der Waals surface area contributed by atoms with E-state index in [4.69, 9.17) is 0 Å². The Labute approximate surface area is 190 Å². The summed E-state index contributed by atoms with van der Waals surface area (Å²) in [4.78, 5) is 0. The van der Waals surface area contributed by atoms with Crippen molar-refractivity contribution in [1.82, 2.24) is 0 Å². The molecule has 10 heteroatoms. The van der Waals surface area contributed by atoms with E-state index in [2.05, 4.69) is 9.47 Å². The second-order valence-electron chi connectivity index (χ2n) is 7.38. The van der Waals surface area contributed by atoms with Gasteiger partial charge in [-0.3, -0.25) is 0 Å². The third-order valence-electron chi connectivity index (χ3n) is 4.85. The number of ether oxygens (including phenoxy) is 2. The first-order valence-corrected chi connectivity index (χ1v) is 10.1. The summed E-state index contributed by atoms with van der Waals surface area (Å²) in [6, 6.07) is 9.32. The van der Waals surface area contributed by atoms with Gasteiger partial charge in [-0.05, 0) is 48.2 Å². The van der Waals surface area contributed by atoms with Crippen molar-refractivity contribution in [3.63, 3.8) is 0 Å². The number of aryl methyl sites for hydroxylation is 1. The highest BCUT2D eigenvalue weighted by Crippen LogP contribution is 2.42. The number of alkyl halides is 5. The molecule has 0 atom stereocenters. The van der Waals surface area contributed by atoms with Gasteiger partial charge in [-0.25, -0.2) is 8.78 Å². The molecule has 0 aliphatic rings. The predicted octanol–water partition coefficient (Wildman–Crippen LogP) is 7.71. The van der Waals surface area contributed by atoms with Gasteiger partial charge in [-0.1, -0.05) is 37.6 Å². The highest BCUT2D eigenvalue weighted by Gasteiger charge is 2.43. The Balaban J connectivity index is 1.92. The largest absolute Gasteiger partial charge is 0.573 e. The molecule has 0 unspecified atom stereocenters. The van der Waals surface area contributed by atoms with Crippen LogP contribution in [0.15, 0.2) is 54.6 Å². The first kappa shape index (κ1) is 25.2. The first-order chi connectivity index (χ1) is 15.9. The lowest BCUT2D eigenvalue weighted by Crippen LogP contribution is -2.25. The van der Waals surface area contributed by atoms with Crippen LogP contribution in [0.2, 0.25) is 0 Å². The number of phenols is 1. The average Bonchev–Trinajstić information content (AvgIpc) is 2.72. The summed E-state index contributed by atoms with van der Waals surface area (Å²) >= 11 is 0. The average molecular weight is 488 g/mol. The predicted molar refractivity (Wildman–Crippen MR) is 110 cm³/mol. The van der Waals surface area contributed by atoms with Crippen LogP contribution >= 0.6 is 0 Å². The van der Waals surface area contributed by atoms with Crippen LogP contribution in [0.5, 0.6) is 17.2 Å².